The second-order valence-corrected chi connectivity index (χ2v) is 5.10. The molecule has 2 aromatic carbocycles. The van der Waals surface area contributed by atoms with Gasteiger partial charge in [0.25, 0.3) is 11.5 Å². The van der Waals surface area contributed by atoms with E-state index < -0.39 is 12.1 Å². The summed E-state index contributed by atoms with van der Waals surface area (Å²) in [5.74, 6) is -0.254. The second kappa shape index (κ2) is 4.42. The topological polar surface area (TPSA) is 84.2 Å². The van der Waals surface area contributed by atoms with Crippen molar-refractivity contribution in [1.29, 1.82) is 0 Å². The highest BCUT2D eigenvalue weighted by Crippen LogP contribution is 2.24. The lowest BCUT2D eigenvalue weighted by atomic mass is 10.1. The molecule has 1 aromatic heterocycles. The van der Waals surface area contributed by atoms with Crippen molar-refractivity contribution in [2.45, 2.75) is 6.17 Å². The van der Waals surface area contributed by atoms with Gasteiger partial charge in [0.05, 0.1) is 10.9 Å². The molecule has 1 aliphatic rings. The number of aromatic nitrogens is 2. The summed E-state index contributed by atoms with van der Waals surface area (Å²) in [5.41, 5.74) is 0.823. The van der Waals surface area contributed by atoms with Crippen molar-refractivity contribution in [3.63, 3.8) is 0 Å². The van der Waals surface area contributed by atoms with Crippen LogP contribution in [0.4, 0.5) is 0 Å². The summed E-state index contributed by atoms with van der Waals surface area (Å²) in [6.07, 6.45) is -0.667. The number of hydrogen-bond donors (Lipinski definition) is 2. The van der Waals surface area contributed by atoms with Crippen molar-refractivity contribution < 1.29 is 9.90 Å². The summed E-state index contributed by atoms with van der Waals surface area (Å²) in [5, 5.41) is 12.8. The van der Waals surface area contributed by atoms with Gasteiger partial charge in [-0.2, -0.15) is 0 Å². The van der Waals surface area contributed by atoms with Crippen LogP contribution < -0.4 is 10.9 Å². The molecule has 0 spiro atoms. The zero-order valence-electron chi connectivity index (χ0n) is 11.4. The molecule has 0 saturated heterocycles. The SMILES string of the molecule is O=C1NC(c2cccc(O)c2)n2c1nc1ccccc1c2=O. The first-order chi connectivity index (χ1) is 10.6. The maximum atomic E-state index is 12.7. The van der Waals surface area contributed by atoms with Gasteiger partial charge < -0.3 is 10.4 Å². The number of amides is 1. The Kier molecular flexibility index (Phi) is 2.53. The van der Waals surface area contributed by atoms with Gasteiger partial charge in [-0.1, -0.05) is 24.3 Å². The highest BCUT2D eigenvalue weighted by atomic mass is 16.3. The van der Waals surface area contributed by atoms with E-state index in [1.54, 1.807) is 36.4 Å². The van der Waals surface area contributed by atoms with Gasteiger partial charge in [0.2, 0.25) is 5.82 Å². The summed E-state index contributed by atoms with van der Waals surface area (Å²) in [4.78, 5) is 29.1. The number of phenols is 1. The van der Waals surface area contributed by atoms with Gasteiger partial charge in [-0.05, 0) is 29.8 Å². The third kappa shape index (κ3) is 1.70. The minimum atomic E-state index is -0.667. The average Bonchev–Trinajstić information content (AvgIpc) is 2.85. The van der Waals surface area contributed by atoms with Crippen molar-refractivity contribution in [3.8, 4) is 5.75 Å². The molecule has 0 saturated carbocycles. The summed E-state index contributed by atoms with van der Waals surface area (Å²) < 4.78 is 1.33. The number of hydrogen-bond acceptors (Lipinski definition) is 4. The number of para-hydroxylation sites is 1. The van der Waals surface area contributed by atoms with E-state index in [9.17, 15) is 14.7 Å². The van der Waals surface area contributed by atoms with Crippen LogP contribution in [0.3, 0.4) is 0 Å². The standard InChI is InChI=1S/C16H11N3O3/c20-10-5-3-4-9(8-10)13-18-15(21)14-17-12-7-2-1-6-11(12)16(22)19(13)14/h1-8,13,20H,(H,18,21). The number of phenolic OH excluding ortho intramolecular Hbond substituents is 1. The molecule has 3 aromatic rings. The van der Waals surface area contributed by atoms with E-state index in [4.69, 9.17) is 0 Å². The molecule has 22 heavy (non-hydrogen) atoms. The normalized spacial score (nSPS) is 16.5. The fourth-order valence-corrected chi connectivity index (χ4v) is 2.73. The molecular weight excluding hydrogens is 282 g/mol. The van der Waals surface area contributed by atoms with E-state index in [0.717, 1.165) is 0 Å². The average molecular weight is 293 g/mol. The maximum Gasteiger partial charge on any atom is 0.289 e. The Hall–Kier alpha value is -3.15. The van der Waals surface area contributed by atoms with Crippen molar-refractivity contribution in [1.82, 2.24) is 14.9 Å². The number of fused-ring (bicyclic) bond motifs is 2. The Balaban J connectivity index is 2.01. The van der Waals surface area contributed by atoms with Crippen LogP contribution in [0.2, 0.25) is 0 Å². The Morgan fingerprint density at radius 2 is 1.91 bits per heavy atom. The van der Waals surface area contributed by atoms with Gasteiger partial charge in [0.1, 0.15) is 11.9 Å². The minimum Gasteiger partial charge on any atom is -0.508 e. The molecule has 0 bridgehead atoms. The van der Waals surface area contributed by atoms with Crippen molar-refractivity contribution in [2.75, 3.05) is 0 Å². The molecule has 4 rings (SSSR count). The number of rotatable bonds is 1. The summed E-state index contributed by atoms with van der Waals surface area (Å²) >= 11 is 0. The van der Waals surface area contributed by atoms with Crippen LogP contribution in [0.1, 0.15) is 22.3 Å². The molecule has 0 fully saturated rings. The van der Waals surface area contributed by atoms with E-state index in [2.05, 4.69) is 10.3 Å². The molecule has 6 nitrogen and oxygen atoms in total. The quantitative estimate of drug-likeness (QED) is 0.710. The zero-order valence-corrected chi connectivity index (χ0v) is 11.4. The van der Waals surface area contributed by atoms with E-state index >= 15 is 0 Å². The monoisotopic (exact) mass is 293 g/mol. The lowest BCUT2D eigenvalue weighted by molar-refractivity contribution is 0.0956. The van der Waals surface area contributed by atoms with Crippen LogP contribution in [0.5, 0.6) is 5.75 Å². The molecule has 1 unspecified atom stereocenters. The van der Waals surface area contributed by atoms with Gasteiger partial charge in [0.15, 0.2) is 0 Å². The molecular formula is C16H11N3O3. The summed E-state index contributed by atoms with van der Waals surface area (Å²) in [6.45, 7) is 0. The number of carbonyl (C=O) groups is 1. The summed E-state index contributed by atoms with van der Waals surface area (Å²) in [7, 11) is 0. The maximum absolute atomic E-state index is 12.7. The second-order valence-electron chi connectivity index (χ2n) is 5.10. The molecule has 108 valence electrons. The van der Waals surface area contributed by atoms with Gasteiger partial charge in [0, 0.05) is 0 Å². The fraction of sp³-hybridized carbons (Fsp3) is 0.0625. The van der Waals surface area contributed by atoms with Crippen molar-refractivity contribution in [2.24, 2.45) is 0 Å². The lowest BCUT2D eigenvalue weighted by Crippen LogP contribution is -2.28. The Bertz CT molecular complexity index is 978. The van der Waals surface area contributed by atoms with E-state index in [1.807, 2.05) is 0 Å². The molecule has 1 amide bonds. The van der Waals surface area contributed by atoms with Gasteiger partial charge in [-0.3, -0.25) is 14.2 Å². The number of benzene rings is 2. The molecule has 6 heteroatoms. The van der Waals surface area contributed by atoms with E-state index in [0.29, 0.717) is 16.5 Å². The molecule has 2 N–H and O–H groups in total. The van der Waals surface area contributed by atoms with Gasteiger partial charge >= 0.3 is 0 Å². The largest absolute Gasteiger partial charge is 0.508 e. The van der Waals surface area contributed by atoms with E-state index in [1.165, 1.54) is 16.7 Å². The van der Waals surface area contributed by atoms with Crippen molar-refractivity contribution in [3.05, 3.63) is 70.3 Å². The molecule has 1 aliphatic heterocycles. The first kappa shape index (κ1) is 12.6. The van der Waals surface area contributed by atoms with Gasteiger partial charge in [-0.15, -0.1) is 0 Å². The number of nitrogens with one attached hydrogen (secondary N) is 1. The highest BCUT2D eigenvalue weighted by molar-refractivity contribution is 5.95. The zero-order chi connectivity index (χ0) is 15.3. The van der Waals surface area contributed by atoms with Crippen LogP contribution in [0.15, 0.2) is 53.3 Å². The third-order valence-electron chi connectivity index (χ3n) is 3.72. The Morgan fingerprint density at radius 3 is 2.73 bits per heavy atom. The van der Waals surface area contributed by atoms with Crippen LogP contribution in [-0.2, 0) is 0 Å². The molecule has 2 heterocycles. The smallest absolute Gasteiger partial charge is 0.289 e. The number of aromatic hydroxyl groups is 1. The van der Waals surface area contributed by atoms with Crippen LogP contribution in [0, 0.1) is 0 Å². The first-order valence-corrected chi connectivity index (χ1v) is 6.76. The minimum absolute atomic E-state index is 0.0713. The predicted molar refractivity (Wildman–Crippen MR) is 79.7 cm³/mol. The molecule has 0 radical (unpaired) electrons. The lowest BCUT2D eigenvalue weighted by Gasteiger charge is -2.14. The number of carbonyl (C=O) groups excluding carboxylic acids is 1. The first-order valence-electron chi connectivity index (χ1n) is 6.76. The Morgan fingerprint density at radius 1 is 1.09 bits per heavy atom. The predicted octanol–water partition coefficient (Wildman–Crippen LogP) is 1.39. The molecule has 1 atom stereocenters. The summed E-state index contributed by atoms with van der Waals surface area (Å²) in [6, 6.07) is 13.4. The van der Waals surface area contributed by atoms with Crippen molar-refractivity contribution >= 4 is 16.8 Å². The van der Waals surface area contributed by atoms with Crippen LogP contribution in [0.25, 0.3) is 10.9 Å². The molecule has 0 aliphatic carbocycles. The third-order valence-corrected chi connectivity index (χ3v) is 3.72. The van der Waals surface area contributed by atoms with Crippen LogP contribution >= 0.6 is 0 Å². The number of nitrogens with zero attached hydrogens (tertiary/aromatic N) is 2. The van der Waals surface area contributed by atoms with Gasteiger partial charge in [-0.25, -0.2) is 4.98 Å². The fourth-order valence-electron chi connectivity index (χ4n) is 2.73. The van der Waals surface area contributed by atoms with E-state index in [-0.39, 0.29) is 17.1 Å². The highest BCUT2D eigenvalue weighted by Gasteiger charge is 2.32. The Labute approximate surface area is 124 Å². The van der Waals surface area contributed by atoms with Crippen LogP contribution in [-0.4, -0.2) is 20.6 Å².